The highest BCUT2D eigenvalue weighted by Gasteiger charge is 2.31. The Balaban J connectivity index is 1.80. The second-order valence-corrected chi connectivity index (χ2v) is 10.0. The molecule has 22 heavy (non-hydrogen) atoms. The zero-order valence-electron chi connectivity index (χ0n) is 15.8. The van der Waals surface area contributed by atoms with Crippen LogP contribution < -0.4 is 10.6 Å². The molecule has 3 atom stereocenters. The molecule has 2 saturated heterocycles. The summed E-state index contributed by atoms with van der Waals surface area (Å²) in [5.41, 5.74) is 0.935. The van der Waals surface area contributed by atoms with Crippen molar-refractivity contribution in [2.45, 2.75) is 98.1 Å². The molecule has 0 aliphatic carbocycles. The number of hydrogen-bond donors (Lipinski definition) is 2. The summed E-state index contributed by atoms with van der Waals surface area (Å²) in [6, 6.07) is 1.50. The van der Waals surface area contributed by atoms with Crippen LogP contribution in [0.4, 0.5) is 0 Å². The van der Waals surface area contributed by atoms with Crippen molar-refractivity contribution in [3.05, 3.63) is 0 Å². The van der Waals surface area contributed by atoms with E-state index >= 15 is 0 Å². The summed E-state index contributed by atoms with van der Waals surface area (Å²) in [6.45, 7) is 14.6. The van der Waals surface area contributed by atoms with Crippen LogP contribution in [-0.2, 0) is 0 Å². The van der Waals surface area contributed by atoms with Gasteiger partial charge in [-0.1, -0.05) is 41.0 Å². The van der Waals surface area contributed by atoms with Crippen molar-refractivity contribution in [2.75, 3.05) is 13.1 Å². The largest absolute Gasteiger partial charge is 0.314 e. The predicted octanol–water partition coefficient (Wildman–Crippen LogP) is 4.74. The minimum atomic E-state index is 0.455. The molecule has 2 N–H and O–H groups in total. The zero-order valence-corrected chi connectivity index (χ0v) is 15.8. The summed E-state index contributed by atoms with van der Waals surface area (Å²) < 4.78 is 0. The van der Waals surface area contributed by atoms with Crippen molar-refractivity contribution in [3.8, 4) is 0 Å². The molecular formula is C20H40N2. The maximum atomic E-state index is 3.81. The van der Waals surface area contributed by atoms with E-state index in [-0.39, 0.29) is 0 Å². The Labute approximate surface area is 139 Å². The molecule has 0 bridgehead atoms. The Kier molecular flexibility index (Phi) is 6.36. The molecule has 2 heterocycles. The molecule has 0 aromatic rings. The van der Waals surface area contributed by atoms with Crippen LogP contribution in [0.3, 0.4) is 0 Å². The van der Waals surface area contributed by atoms with E-state index < -0.39 is 0 Å². The average Bonchev–Trinajstić information content (AvgIpc) is 2.36. The molecular weight excluding hydrogens is 268 g/mol. The van der Waals surface area contributed by atoms with Gasteiger partial charge in [0, 0.05) is 12.1 Å². The Morgan fingerprint density at radius 3 is 2.09 bits per heavy atom. The van der Waals surface area contributed by atoms with E-state index in [1.165, 1.54) is 64.5 Å². The summed E-state index contributed by atoms with van der Waals surface area (Å²) in [5.74, 6) is 0.926. The van der Waals surface area contributed by atoms with Crippen LogP contribution in [0.1, 0.15) is 86.0 Å². The summed E-state index contributed by atoms with van der Waals surface area (Å²) in [6.07, 6.45) is 11.0. The fourth-order valence-corrected chi connectivity index (χ4v) is 4.82. The molecule has 0 saturated carbocycles. The van der Waals surface area contributed by atoms with E-state index in [0.717, 1.165) is 18.0 Å². The van der Waals surface area contributed by atoms with Crippen LogP contribution in [0, 0.1) is 16.7 Å². The summed E-state index contributed by atoms with van der Waals surface area (Å²) in [5, 5.41) is 7.54. The normalized spacial score (nSPS) is 31.2. The number of piperidine rings is 2. The lowest BCUT2D eigenvalue weighted by Crippen LogP contribution is -2.43. The SMILES string of the molecule is CC(C)(C)CC1CCNC(CC(C)(C)CC2CCCCN2)C1. The summed E-state index contributed by atoms with van der Waals surface area (Å²) in [4.78, 5) is 0. The molecule has 2 aliphatic rings. The number of hydrogen-bond acceptors (Lipinski definition) is 2. The number of rotatable bonds is 5. The fraction of sp³-hybridized carbons (Fsp3) is 1.00. The standard InChI is InChI=1S/C20H40N2/c1-19(2,3)13-16-9-11-22-18(12-16)15-20(4,5)14-17-8-6-7-10-21-17/h16-18,21-22H,6-15H2,1-5H3. The molecule has 0 aromatic carbocycles. The minimum Gasteiger partial charge on any atom is -0.314 e. The Morgan fingerprint density at radius 2 is 1.45 bits per heavy atom. The first-order valence-corrected chi connectivity index (χ1v) is 9.70. The quantitative estimate of drug-likeness (QED) is 0.766. The summed E-state index contributed by atoms with van der Waals surface area (Å²) >= 11 is 0. The Hall–Kier alpha value is -0.0800. The maximum absolute atomic E-state index is 3.81. The van der Waals surface area contributed by atoms with Crippen LogP contribution in [0.25, 0.3) is 0 Å². The van der Waals surface area contributed by atoms with E-state index in [1.807, 2.05) is 0 Å². The molecule has 0 amide bonds. The minimum absolute atomic E-state index is 0.455. The molecule has 0 spiro atoms. The predicted molar refractivity (Wildman–Crippen MR) is 97.2 cm³/mol. The third kappa shape index (κ3) is 6.58. The molecule has 2 aliphatic heterocycles. The van der Waals surface area contributed by atoms with Gasteiger partial charge in [0.25, 0.3) is 0 Å². The molecule has 0 radical (unpaired) electrons. The van der Waals surface area contributed by atoms with Crippen molar-refractivity contribution < 1.29 is 0 Å². The topological polar surface area (TPSA) is 24.1 Å². The van der Waals surface area contributed by atoms with E-state index in [9.17, 15) is 0 Å². The van der Waals surface area contributed by atoms with Gasteiger partial charge in [0.05, 0.1) is 0 Å². The highest BCUT2D eigenvalue weighted by molar-refractivity contribution is 4.88. The molecule has 2 heteroatoms. The summed E-state index contributed by atoms with van der Waals surface area (Å²) in [7, 11) is 0. The smallest absolute Gasteiger partial charge is 0.00748 e. The lowest BCUT2D eigenvalue weighted by Gasteiger charge is -2.39. The van der Waals surface area contributed by atoms with E-state index in [2.05, 4.69) is 45.3 Å². The van der Waals surface area contributed by atoms with Crippen LogP contribution in [0.5, 0.6) is 0 Å². The molecule has 130 valence electrons. The van der Waals surface area contributed by atoms with Crippen molar-refractivity contribution in [3.63, 3.8) is 0 Å². The van der Waals surface area contributed by atoms with Gasteiger partial charge in [0.1, 0.15) is 0 Å². The Bertz CT molecular complexity index is 323. The first-order chi connectivity index (χ1) is 10.2. The molecule has 0 aromatic heterocycles. The van der Waals surface area contributed by atoms with Gasteiger partial charge in [0.2, 0.25) is 0 Å². The highest BCUT2D eigenvalue weighted by atomic mass is 14.9. The van der Waals surface area contributed by atoms with Crippen LogP contribution >= 0.6 is 0 Å². The van der Waals surface area contributed by atoms with Crippen molar-refractivity contribution in [2.24, 2.45) is 16.7 Å². The maximum Gasteiger partial charge on any atom is 0.00748 e. The average molecular weight is 309 g/mol. The molecule has 2 rings (SSSR count). The molecule has 2 nitrogen and oxygen atoms in total. The van der Waals surface area contributed by atoms with Gasteiger partial charge in [0.15, 0.2) is 0 Å². The first kappa shape index (κ1) is 18.3. The van der Waals surface area contributed by atoms with E-state index in [0.29, 0.717) is 10.8 Å². The van der Waals surface area contributed by atoms with Gasteiger partial charge in [-0.25, -0.2) is 0 Å². The first-order valence-electron chi connectivity index (χ1n) is 9.70. The van der Waals surface area contributed by atoms with Gasteiger partial charge in [-0.3, -0.25) is 0 Å². The lowest BCUT2D eigenvalue weighted by atomic mass is 9.73. The van der Waals surface area contributed by atoms with Gasteiger partial charge < -0.3 is 10.6 Å². The van der Waals surface area contributed by atoms with E-state index in [1.54, 1.807) is 0 Å². The second-order valence-electron chi connectivity index (χ2n) is 10.0. The van der Waals surface area contributed by atoms with Gasteiger partial charge in [-0.15, -0.1) is 0 Å². The van der Waals surface area contributed by atoms with Crippen LogP contribution in [0.15, 0.2) is 0 Å². The van der Waals surface area contributed by atoms with Gasteiger partial charge >= 0.3 is 0 Å². The molecule has 2 fully saturated rings. The monoisotopic (exact) mass is 308 g/mol. The van der Waals surface area contributed by atoms with Gasteiger partial charge in [-0.2, -0.15) is 0 Å². The zero-order chi connectivity index (χ0) is 16.2. The highest BCUT2D eigenvalue weighted by Crippen LogP contribution is 2.36. The lowest BCUT2D eigenvalue weighted by molar-refractivity contribution is 0.163. The van der Waals surface area contributed by atoms with Crippen molar-refractivity contribution in [1.29, 1.82) is 0 Å². The third-order valence-corrected chi connectivity index (χ3v) is 5.51. The second kappa shape index (κ2) is 7.66. The van der Waals surface area contributed by atoms with Gasteiger partial charge in [-0.05, 0) is 74.8 Å². The van der Waals surface area contributed by atoms with Crippen molar-refractivity contribution >= 4 is 0 Å². The fourth-order valence-electron chi connectivity index (χ4n) is 4.82. The van der Waals surface area contributed by atoms with E-state index in [4.69, 9.17) is 0 Å². The van der Waals surface area contributed by atoms with Crippen molar-refractivity contribution in [1.82, 2.24) is 10.6 Å². The Morgan fingerprint density at radius 1 is 0.773 bits per heavy atom. The number of nitrogens with one attached hydrogen (secondary N) is 2. The van der Waals surface area contributed by atoms with Crippen LogP contribution in [-0.4, -0.2) is 25.2 Å². The third-order valence-electron chi connectivity index (χ3n) is 5.51. The molecule has 3 unspecified atom stereocenters. The van der Waals surface area contributed by atoms with Crippen LogP contribution in [0.2, 0.25) is 0 Å².